The second-order valence-corrected chi connectivity index (χ2v) is 3.87. The van der Waals surface area contributed by atoms with Crippen molar-refractivity contribution in [3.8, 4) is 0 Å². The Morgan fingerprint density at radius 2 is 2.06 bits per heavy atom. The zero-order valence-corrected chi connectivity index (χ0v) is 9.75. The lowest BCUT2D eigenvalue weighted by Crippen LogP contribution is -2.35. The highest BCUT2D eigenvalue weighted by molar-refractivity contribution is 5.22. The first-order valence-electron chi connectivity index (χ1n) is 5.33. The zero-order chi connectivity index (χ0) is 12.7. The summed E-state index contributed by atoms with van der Waals surface area (Å²) in [4.78, 5) is 0. The summed E-state index contributed by atoms with van der Waals surface area (Å²) in [5, 5.41) is 11.0. The molecule has 96 valence electrons. The van der Waals surface area contributed by atoms with Crippen LogP contribution in [0.1, 0.15) is 11.1 Å². The fraction of sp³-hybridized carbons (Fsp3) is 0.500. The second-order valence-electron chi connectivity index (χ2n) is 3.87. The average Bonchev–Trinajstić information content (AvgIpc) is 2.30. The van der Waals surface area contributed by atoms with E-state index in [0.717, 1.165) is 11.1 Å². The van der Waals surface area contributed by atoms with Gasteiger partial charge in [0, 0.05) is 13.7 Å². The van der Waals surface area contributed by atoms with Crippen molar-refractivity contribution in [3.63, 3.8) is 0 Å². The van der Waals surface area contributed by atoms with Gasteiger partial charge in [-0.3, -0.25) is 0 Å². The van der Waals surface area contributed by atoms with Crippen molar-refractivity contribution < 1.29 is 18.6 Å². The van der Waals surface area contributed by atoms with Crippen LogP contribution in [0.15, 0.2) is 24.3 Å². The molecule has 0 saturated heterocycles. The minimum Gasteiger partial charge on any atom is -0.390 e. The number of hydrogen-bond donors (Lipinski definition) is 2. The zero-order valence-electron chi connectivity index (χ0n) is 9.75. The molecule has 0 bridgehead atoms. The molecule has 0 aliphatic carbocycles. The van der Waals surface area contributed by atoms with Crippen molar-refractivity contribution in [2.75, 3.05) is 20.3 Å². The molecule has 0 fully saturated rings. The summed E-state index contributed by atoms with van der Waals surface area (Å²) in [7, 11) is 1.60. The monoisotopic (exact) mass is 245 g/mol. The first kappa shape index (κ1) is 14.0. The largest absolute Gasteiger partial charge is 0.390 e. The molecule has 0 atom stereocenters. The number of benzene rings is 1. The highest BCUT2D eigenvalue weighted by atomic mass is 19.3. The maximum Gasteiger partial charge on any atom is 0.282 e. The van der Waals surface area contributed by atoms with E-state index in [9.17, 15) is 8.78 Å². The molecule has 0 aromatic heterocycles. The summed E-state index contributed by atoms with van der Waals surface area (Å²) in [5.74, 6) is -3.07. The molecular weight excluding hydrogens is 228 g/mol. The molecule has 17 heavy (non-hydrogen) atoms. The smallest absolute Gasteiger partial charge is 0.282 e. The van der Waals surface area contributed by atoms with Gasteiger partial charge in [-0.25, -0.2) is 8.78 Å². The standard InChI is InChI=1S/C12H17F2NO2/c1-17-7-11-4-2-3-10(5-11)6-15-8-12(13,14)9-16/h2-5,15-16H,6-9H2,1H3. The molecule has 2 N–H and O–H groups in total. The van der Waals surface area contributed by atoms with Crippen LogP contribution >= 0.6 is 0 Å². The number of ether oxygens (including phenoxy) is 1. The van der Waals surface area contributed by atoms with Gasteiger partial charge in [0.15, 0.2) is 0 Å². The molecule has 1 rings (SSSR count). The second kappa shape index (κ2) is 6.64. The van der Waals surface area contributed by atoms with Gasteiger partial charge in [-0.1, -0.05) is 24.3 Å². The normalized spacial score (nSPS) is 11.8. The maximum atomic E-state index is 12.7. The number of aliphatic hydroxyl groups is 1. The van der Waals surface area contributed by atoms with Crippen molar-refractivity contribution in [1.82, 2.24) is 5.32 Å². The van der Waals surface area contributed by atoms with E-state index < -0.39 is 19.1 Å². The molecule has 0 spiro atoms. The van der Waals surface area contributed by atoms with E-state index in [0.29, 0.717) is 13.2 Å². The molecule has 5 heteroatoms. The number of halogens is 2. The van der Waals surface area contributed by atoms with Crippen LogP contribution in [0, 0.1) is 0 Å². The van der Waals surface area contributed by atoms with Gasteiger partial charge < -0.3 is 15.2 Å². The quantitative estimate of drug-likeness (QED) is 0.766. The molecule has 0 radical (unpaired) electrons. The fourth-order valence-electron chi connectivity index (χ4n) is 1.44. The average molecular weight is 245 g/mol. The van der Waals surface area contributed by atoms with Crippen molar-refractivity contribution in [3.05, 3.63) is 35.4 Å². The number of nitrogens with one attached hydrogen (secondary N) is 1. The Morgan fingerprint density at radius 1 is 1.35 bits per heavy atom. The number of alkyl halides is 2. The first-order valence-corrected chi connectivity index (χ1v) is 5.33. The van der Waals surface area contributed by atoms with Gasteiger partial charge in [0.1, 0.15) is 6.61 Å². The Kier molecular flexibility index (Phi) is 5.47. The van der Waals surface area contributed by atoms with Crippen molar-refractivity contribution in [2.45, 2.75) is 19.1 Å². The molecule has 0 aliphatic heterocycles. The van der Waals surface area contributed by atoms with Crippen LogP contribution in [-0.4, -0.2) is 31.3 Å². The predicted octanol–water partition coefficient (Wildman–Crippen LogP) is 1.55. The lowest BCUT2D eigenvalue weighted by molar-refractivity contribution is -0.0477. The highest BCUT2D eigenvalue weighted by Crippen LogP contribution is 2.11. The van der Waals surface area contributed by atoms with Crippen molar-refractivity contribution in [2.24, 2.45) is 0 Å². The third-order valence-corrected chi connectivity index (χ3v) is 2.25. The van der Waals surface area contributed by atoms with Crippen molar-refractivity contribution >= 4 is 0 Å². The molecule has 1 aromatic carbocycles. The minimum atomic E-state index is -3.07. The van der Waals surface area contributed by atoms with Gasteiger partial charge in [0.2, 0.25) is 0 Å². The van der Waals surface area contributed by atoms with Gasteiger partial charge in [-0.15, -0.1) is 0 Å². The molecule has 0 aliphatic rings. The van der Waals surface area contributed by atoms with E-state index in [1.54, 1.807) is 7.11 Å². The van der Waals surface area contributed by atoms with Gasteiger partial charge >= 0.3 is 0 Å². The Balaban J connectivity index is 2.44. The summed E-state index contributed by atoms with van der Waals surface area (Å²) in [6.07, 6.45) is 0. The van der Waals surface area contributed by atoms with Gasteiger partial charge in [-0.2, -0.15) is 0 Å². The number of aliphatic hydroxyl groups excluding tert-OH is 1. The van der Waals surface area contributed by atoms with Crippen LogP contribution in [0.3, 0.4) is 0 Å². The molecule has 0 amide bonds. The predicted molar refractivity (Wildman–Crippen MR) is 60.9 cm³/mol. The van der Waals surface area contributed by atoms with Crippen molar-refractivity contribution in [1.29, 1.82) is 0 Å². The van der Waals surface area contributed by atoms with E-state index in [1.165, 1.54) is 0 Å². The Labute approximate surface area is 99.4 Å². The maximum absolute atomic E-state index is 12.7. The fourth-order valence-corrected chi connectivity index (χ4v) is 1.44. The Bertz CT molecular complexity index is 345. The van der Waals surface area contributed by atoms with Gasteiger partial charge in [0.05, 0.1) is 13.2 Å². The SMILES string of the molecule is COCc1cccc(CNCC(F)(F)CO)c1. The summed E-state index contributed by atoms with van der Waals surface area (Å²) < 4.78 is 30.4. The molecule has 0 heterocycles. The summed E-state index contributed by atoms with van der Waals surface area (Å²) in [6.45, 7) is -0.824. The van der Waals surface area contributed by atoms with E-state index in [2.05, 4.69) is 5.32 Å². The third kappa shape index (κ3) is 5.21. The number of hydrogen-bond acceptors (Lipinski definition) is 3. The van der Waals surface area contributed by atoms with Crippen LogP contribution in [0.5, 0.6) is 0 Å². The Morgan fingerprint density at radius 3 is 2.71 bits per heavy atom. The first-order chi connectivity index (χ1) is 8.07. The Hall–Kier alpha value is -1.04. The van der Waals surface area contributed by atoms with Crippen LogP contribution in [0.2, 0.25) is 0 Å². The molecular formula is C12H17F2NO2. The van der Waals surface area contributed by atoms with Crippen LogP contribution < -0.4 is 5.32 Å². The van der Waals surface area contributed by atoms with E-state index >= 15 is 0 Å². The summed E-state index contributed by atoms with van der Waals surface area (Å²) in [6, 6.07) is 7.52. The lowest BCUT2D eigenvalue weighted by atomic mass is 10.1. The van der Waals surface area contributed by atoms with Crippen LogP contribution in [0.25, 0.3) is 0 Å². The van der Waals surface area contributed by atoms with Crippen LogP contribution in [-0.2, 0) is 17.9 Å². The molecule has 0 unspecified atom stereocenters. The topological polar surface area (TPSA) is 41.5 Å². The molecule has 0 saturated carbocycles. The van der Waals surface area contributed by atoms with E-state index in [-0.39, 0.29) is 0 Å². The summed E-state index contributed by atoms with van der Waals surface area (Å²) in [5.41, 5.74) is 1.91. The number of methoxy groups -OCH3 is 1. The third-order valence-electron chi connectivity index (χ3n) is 2.25. The molecule has 3 nitrogen and oxygen atoms in total. The summed E-state index contributed by atoms with van der Waals surface area (Å²) >= 11 is 0. The highest BCUT2D eigenvalue weighted by Gasteiger charge is 2.26. The van der Waals surface area contributed by atoms with E-state index in [4.69, 9.17) is 9.84 Å². The van der Waals surface area contributed by atoms with Gasteiger partial charge in [-0.05, 0) is 11.1 Å². The number of rotatable bonds is 7. The van der Waals surface area contributed by atoms with Crippen LogP contribution in [0.4, 0.5) is 8.78 Å². The van der Waals surface area contributed by atoms with Gasteiger partial charge in [0.25, 0.3) is 5.92 Å². The lowest BCUT2D eigenvalue weighted by Gasteiger charge is -2.14. The van der Waals surface area contributed by atoms with E-state index in [1.807, 2.05) is 24.3 Å². The minimum absolute atomic E-state index is 0.340. The molecule has 1 aromatic rings.